The molecule has 0 aliphatic rings. The lowest BCUT2D eigenvalue weighted by Gasteiger charge is -2.26. The summed E-state index contributed by atoms with van der Waals surface area (Å²) in [6.07, 6.45) is 0. The van der Waals surface area contributed by atoms with Crippen molar-refractivity contribution in [3.8, 4) is 5.75 Å². The van der Waals surface area contributed by atoms with E-state index in [1.54, 1.807) is 6.92 Å². The summed E-state index contributed by atoms with van der Waals surface area (Å²) in [5.74, 6) is 0.730. The lowest BCUT2D eigenvalue weighted by Crippen LogP contribution is -2.23. The maximum absolute atomic E-state index is 10.8. The van der Waals surface area contributed by atoms with Crippen LogP contribution >= 0.6 is 0 Å². The number of hydrogen-bond acceptors (Lipinski definition) is 2. The molecular weight excluding hydrogens is 224 g/mol. The number of rotatable bonds is 4. The van der Waals surface area contributed by atoms with Gasteiger partial charge in [-0.3, -0.25) is 0 Å². The third kappa shape index (κ3) is 2.39. The van der Waals surface area contributed by atoms with Crippen molar-refractivity contribution < 1.29 is 9.84 Å². The van der Waals surface area contributed by atoms with Gasteiger partial charge in [0.15, 0.2) is 0 Å². The number of ether oxygens (including phenoxy) is 1. The second-order valence-corrected chi connectivity index (χ2v) is 4.37. The van der Waals surface area contributed by atoms with Gasteiger partial charge < -0.3 is 9.84 Å². The van der Waals surface area contributed by atoms with Crippen LogP contribution in [0.15, 0.2) is 54.6 Å². The Morgan fingerprint density at radius 3 is 2.28 bits per heavy atom. The minimum absolute atomic E-state index is 0.585. The Kier molecular flexibility index (Phi) is 3.68. The summed E-state index contributed by atoms with van der Waals surface area (Å²) in [6.45, 7) is 4.32. The van der Waals surface area contributed by atoms with E-state index >= 15 is 0 Å². The Morgan fingerprint density at radius 2 is 1.61 bits per heavy atom. The van der Waals surface area contributed by atoms with Crippen molar-refractivity contribution in [1.82, 2.24) is 0 Å². The van der Waals surface area contributed by atoms with E-state index in [-0.39, 0.29) is 0 Å². The Bertz CT molecular complexity index is 504. The van der Waals surface area contributed by atoms with Gasteiger partial charge >= 0.3 is 0 Å². The van der Waals surface area contributed by atoms with Gasteiger partial charge in [-0.2, -0.15) is 0 Å². The molecule has 2 rings (SSSR count). The maximum Gasteiger partial charge on any atom is 0.125 e. The van der Waals surface area contributed by atoms with E-state index in [1.165, 1.54) is 0 Å². The van der Waals surface area contributed by atoms with Crippen LogP contribution < -0.4 is 4.74 Å². The zero-order valence-corrected chi connectivity index (χ0v) is 10.8. The van der Waals surface area contributed by atoms with Gasteiger partial charge in [0.2, 0.25) is 0 Å². The summed E-state index contributed by atoms with van der Waals surface area (Å²) in [5, 5.41) is 10.8. The molecule has 1 atom stereocenters. The Labute approximate surface area is 108 Å². The molecule has 0 heterocycles. The first-order valence-electron chi connectivity index (χ1n) is 6.16. The number of aliphatic hydroxyl groups is 1. The lowest BCUT2D eigenvalue weighted by molar-refractivity contribution is 0.0981. The fourth-order valence-corrected chi connectivity index (χ4v) is 2.07. The van der Waals surface area contributed by atoms with Gasteiger partial charge in [-0.15, -0.1) is 0 Å². The average Bonchev–Trinajstić information content (AvgIpc) is 2.41. The molecule has 2 aromatic carbocycles. The van der Waals surface area contributed by atoms with Crippen LogP contribution in [0.2, 0.25) is 0 Å². The first-order valence-corrected chi connectivity index (χ1v) is 6.16. The second-order valence-electron chi connectivity index (χ2n) is 4.37. The molecule has 0 saturated carbocycles. The highest BCUT2D eigenvalue weighted by Gasteiger charge is 2.28. The number of hydrogen-bond donors (Lipinski definition) is 1. The smallest absolute Gasteiger partial charge is 0.125 e. The topological polar surface area (TPSA) is 29.5 Å². The molecule has 18 heavy (non-hydrogen) atoms. The van der Waals surface area contributed by atoms with Crippen LogP contribution in [0.4, 0.5) is 0 Å². The predicted molar refractivity (Wildman–Crippen MR) is 72.7 cm³/mol. The SMILES string of the molecule is CCOc1ccccc1C(C)(O)c1ccccc1. The summed E-state index contributed by atoms with van der Waals surface area (Å²) in [6, 6.07) is 17.2. The summed E-state index contributed by atoms with van der Waals surface area (Å²) in [4.78, 5) is 0. The van der Waals surface area contributed by atoms with E-state index in [0.717, 1.165) is 16.9 Å². The molecule has 0 aliphatic carbocycles. The Morgan fingerprint density at radius 1 is 1.00 bits per heavy atom. The van der Waals surface area contributed by atoms with Crippen LogP contribution in [-0.2, 0) is 5.60 Å². The zero-order valence-electron chi connectivity index (χ0n) is 10.8. The highest BCUT2D eigenvalue weighted by Crippen LogP contribution is 2.35. The highest BCUT2D eigenvalue weighted by atomic mass is 16.5. The van der Waals surface area contributed by atoms with Gasteiger partial charge in [0, 0.05) is 5.56 Å². The quantitative estimate of drug-likeness (QED) is 0.891. The van der Waals surface area contributed by atoms with Crippen LogP contribution in [0, 0.1) is 0 Å². The molecular formula is C16H18O2. The third-order valence-corrected chi connectivity index (χ3v) is 3.05. The number of para-hydroxylation sites is 1. The van der Waals surface area contributed by atoms with Crippen LogP contribution in [0.1, 0.15) is 25.0 Å². The van der Waals surface area contributed by atoms with Gasteiger partial charge in [-0.1, -0.05) is 48.5 Å². The molecule has 94 valence electrons. The van der Waals surface area contributed by atoms with E-state index < -0.39 is 5.60 Å². The van der Waals surface area contributed by atoms with Gasteiger partial charge in [0.25, 0.3) is 0 Å². The minimum Gasteiger partial charge on any atom is -0.493 e. The second kappa shape index (κ2) is 5.23. The summed E-state index contributed by atoms with van der Waals surface area (Å²) in [5.41, 5.74) is 0.600. The van der Waals surface area contributed by atoms with Crippen molar-refractivity contribution in [3.63, 3.8) is 0 Å². The molecule has 1 unspecified atom stereocenters. The summed E-state index contributed by atoms with van der Waals surface area (Å²) >= 11 is 0. The van der Waals surface area contributed by atoms with Crippen LogP contribution in [0.25, 0.3) is 0 Å². The van der Waals surface area contributed by atoms with Gasteiger partial charge in [0.1, 0.15) is 11.4 Å². The summed E-state index contributed by atoms with van der Waals surface area (Å²) in [7, 11) is 0. The van der Waals surface area contributed by atoms with E-state index in [9.17, 15) is 5.11 Å². The van der Waals surface area contributed by atoms with Gasteiger partial charge in [0.05, 0.1) is 6.61 Å². The standard InChI is InChI=1S/C16H18O2/c1-3-18-15-12-8-7-11-14(15)16(2,17)13-9-5-4-6-10-13/h4-12,17H,3H2,1-2H3. The Balaban J connectivity index is 2.47. The first kappa shape index (κ1) is 12.7. The van der Waals surface area contributed by atoms with Gasteiger partial charge in [-0.25, -0.2) is 0 Å². The van der Waals surface area contributed by atoms with E-state index in [2.05, 4.69) is 0 Å². The minimum atomic E-state index is -1.05. The number of benzene rings is 2. The largest absolute Gasteiger partial charge is 0.493 e. The van der Waals surface area contributed by atoms with E-state index in [4.69, 9.17) is 4.74 Å². The van der Waals surface area contributed by atoms with Crippen molar-refractivity contribution in [2.24, 2.45) is 0 Å². The molecule has 0 spiro atoms. The molecule has 0 aliphatic heterocycles. The normalized spacial score (nSPS) is 13.9. The molecule has 0 radical (unpaired) electrons. The van der Waals surface area contributed by atoms with Crippen molar-refractivity contribution in [2.75, 3.05) is 6.61 Å². The lowest BCUT2D eigenvalue weighted by atomic mass is 9.88. The first-order chi connectivity index (χ1) is 8.66. The highest BCUT2D eigenvalue weighted by molar-refractivity contribution is 5.43. The monoisotopic (exact) mass is 242 g/mol. The Hall–Kier alpha value is -1.80. The third-order valence-electron chi connectivity index (χ3n) is 3.05. The zero-order chi connectivity index (χ0) is 13.0. The fourth-order valence-electron chi connectivity index (χ4n) is 2.07. The fraction of sp³-hybridized carbons (Fsp3) is 0.250. The molecule has 0 bridgehead atoms. The van der Waals surface area contributed by atoms with Gasteiger partial charge in [-0.05, 0) is 25.5 Å². The van der Waals surface area contributed by atoms with Crippen LogP contribution in [-0.4, -0.2) is 11.7 Å². The molecule has 0 fully saturated rings. The van der Waals surface area contributed by atoms with Crippen molar-refractivity contribution >= 4 is 0 Å². The maximum atomic E-state index is 10.8. The van der Waals surface area contributed by atoms with Crippen LogP contribution in [0.3, 0.4) is 0 Å². The van der Waals surface area contributed by atoms with Crippen molar-refractivity contribution in [1.29, 1.82) is 0 Å². The van der Waals surface area contributed by atoms with Crippen molar-refractivity contribution in [3.05, 3.63) is 65.7 Å². The molecule has 1 N–H and O–H groups in total. The summed E-state index contributed by atoms with van der Waals surface area (Å²) < 4.78 is 5.58. The van der Waals surface area contributed by atoms with Crippen molar-refractivity contribution in [2.45, 2.75) is 19.4 Å². The average molecular weight is 242 g/mol. The molecule has 0 aromatic heterocycles. The molecule has 0 saturated heterocycles. The molecule has 2 heteroatoms. The van der Waals surface area contributed by atoms with E-state index in [0.29, 0.717) is 6.61 Å². The molecule has 0 amide bonds. The van der Waals surface area contributed by atoms with Crippen LogP contribution in [0.5, 0.6) is 5.75 Å². The molecule has 2 aromatic rings. The predicted octanol–water partition coefficient (Wildman–Crippen LogP) is 3.34. The van der Waals surface area contributed by atoms with E-state index in [1.807, 2.05) is 61.5 Å². The molecule has 2 nitrogen and oxygen atoms in total.